The number of carbonyl (C=O) groups is 1. The quantitative estimate of drug-likeness (QED) is 0.723. The summed E-state index contributed by atoms with van der Waals surface area (Å²) in [4.78, 5) is 14.2. The van der Waals surface area contributed by atoms with Crippen LogP contribution >= 0.6 is 11.3 Å². The lowest BCUT2D eigenvalue weighted by Crippen LogP contribution is -2.20. The first-order chi connectivity index (χ1) is 10.8. The van der Waals surface area contributed by atoms with E-state index in [1.54, 1.807) is 18.2 Å². The first-order valence-corrected chi connectivity index (χ1v) is 7.04. The summed E-state index contributed by atoms with van der Waals surface area (Å²) < 4.78 is 39.2. The van der Waals surface area contributed by atoms with Crippen LogP contribution in [0.15, 0.2) is 47.5 Å². The predicted molar refractivity (Wildman–Crippen MR) is 80.1 cm³/mol. The van der Waals surface area contributed by atoms with E-state index in [0.717, 1.165) is 16.7 Å². The minimum absolute atomic E-state index is 0.216. The lowest BCUT2D eigenvalue weighted by atomic mass is 10.1. The smallest absolute Gasteiger partial charge is 0.431 e. The molecule has 9 heteroatoms. The van der Waals surface area contributed by atoms with Crippen molar-refractivity contribution < 1.29 is 23.1 Å². The minimum Gasteiger partial charge on any atom is -0.476 e. The van der Waals surface area contributed by atoms with Crippen molar-refractivity contribution in [2.75, 3.05) is 5.32 Å². The van der Waals surface area contributed by atoms with E-state index in [1.807, 2.05) is 5.32 Å². The second-order valence-electron chi connectivity index (χ2n) is 4.30. The van der Waals surface area contributed by atoms with Crippen molar-refractivity contribution in [3.8, 4) is 0 Å². The Morgan fingerprint density at radius 2 is 1.96 bits per heavy atom. The molecule has 0 aliphatic heterocycles. The number of aromatic nitrogens is 1. The Bertz CT molecular complexity index is 754. The highest BCUT2D eigenvalue weighted by molar-refractivity contribution is 7.13. The summed E-state index contributed by atoms with van der Waals surface area (Å²) in [6, 6.07) is 7.93. The molecule has 0 spiro atoms. The second-order valence-corrected chi connectivity index (χ2v) is 5.16. The lowest BCUT2D eigenvalue weighted by Gasteiger charge is -2.12. The zero-order chi connectivity index (χ0) is 17.0. The van der Waals surface area contributed by atoms with Crippen molar-refractivity contribution >= 4 is 28.1 Å². The highest BCUT2D eigenvalue weighted by Crippen LogP contribution is 2.28. The molecule has 0 amide bonds. The predicted octanol–water partition coefficient (Wildman–Crippen LogP) is 3.77. The van der Waals surface area contributed by atoms with Gasteiger partial charge in [0.05, 0.1) is 5.71 Å². The number of carboxylic acids is 1. The highest BCUT2D eigenvalue weighted by Gasteiger charge is 2.35. The fourth-order valence-electron chi connectivity index (χ4n) is 1.58. The van der Waals surface area contributed by atoms with E-state index in [2.05, 4.69) is 4.98 Å². The third-order valence-corrected chi connectivity index (χ3v) is 3.40. The van der Waals surface area contributed by atoms with Gasteiger partial charge in [0.1, 0.15) is 5.70 Å². The molecular weight excluding hydrogens is 331 g/mol. The minimum atomic E-state index is -4.74. The molecule has 1 aromatic carbocycles. The van der Waals surface area contributed by atoms with E-state index in [4.69, 9.17) is 10.5 Å². The molecule has 23 heavy (non-hydrogen) atoms. The molecule has 0 saturated carbocycles. The maximum absolute atomic E-state index is 13.1. The Balaban J connectivity index is 2.28. The van der Waals surface area contributed by atoms with Crippen molar-refractivity contribution in [3.63, 3.8) is 0 Å². The number of benzene rings is 1. The third kappa shape index (κ3) is 4.39. The lowest BCUT2D eigenvalue weighted by molar-refractivity contribution is -0.0901. The molecule has 0 aliphatic carbocycles. The summed E-state index contributed by atoms with van der Waals surface area (Å²) in [7, 11) is 0. The van der Waals surface area contributed by atoms with Gasteiger partial charge in [0.15, 0.2) is 10.8 Å². The molecule has 1 aromatic heterocycles. The highest BCUT2D eigenvalue weighted by atomic mass is 32.1. The molecule has 0 fully saturated rings. The Hall–Kier alpha value is -2.68. The van der Waals surface area contributed by atoms with Gasteiger partial charge in [0, 0.05) is 5.38 Å². The van der Waals surface area contributed by atoms with Crippen LogP contribution in [-0.4, -0.2) is 27.9 Å². The summed E-state index contributed by atoms with van der Waals surface area (Å²) >= 11 is 0.731. The number of nitrogens with one attached hydrogen (secondary N) is 2. The van der Waals surface area contributed by atoms with Crippen LogP contribution in [0.4, 0.5) is 18.3 Å². The molecule has 0 radical (unpaired) electrons. The van der Waals surface area contributed by atoms with Gasteiger partial charge >= 0.3 is 12.1 Å². The van der Waals surface area contributed by atoms with Gasteiger partial charge in [-0.25, -0.2) is 9.78 Å². The van der Waals surface area contributed by atoms with E-state index in [0.29, 0.717) is 11.6 Å². The SMILES string of the molecule is N=C(/C=C(\Nc1nc(C(=O)O)cs1)C(F)(F)F)c1ccccc1. The number of carboxylic acid groups (broad SMARTS) is 1. The first-order valence-electron chi connectivity index (χ1n) is 6.16. The van der Waals surface area contributed by atoms with E-state index in [9.17, 15) is 18.0 Å². The molecule has 0 atom stereocenters. The van der Waals surface area contributed by atoms with E-state index >= 15 is 0 Å². The first kappa shape index (κ1) is 16.7. The third-order valence-electron chi connectivity index (χ3n) is 2.64. The Morgan fingerprint density at radius 1 is 1.30 bits per heavy atom. The molecular formula is C14H10F3N3O2S. The van der Waals surface area contributed by atoms with Gasteiger partial charge in [0.2, 0.25) is 0 Å². The van der Waals surface area contributed by atoms with Crippen molar-refractivity contribution in [1.29, 1.82) is 5.41 Å². The maximum atomic E-state index is 13.1. The summed E-state index contributed by atoms with van der Waals surface area (Å²) in [5, 5.41) is 19.4. The largest absolute Gasteiger partial charge is 0.476 e. The fourth-order valence-corrected chi connectivity index (χ4v) is 2.28. The van der Waals surface area contributed by atoms with Crippen molar-refractivity contribution in [2.24, 2.45) is 0 Å². The van der Waals surface area contributed by atoms with Crippen molar-refractivity contribution in [1.82, 2.24) is 4.98 Å². The van der Waals surface area contributed by atoms with Gasteiger partial charge in [0.25, 0.3) is 0 Å². The van der Waals surface area contributed by atoms with Gasteiger partial charge < -0.3 is 15.8 Å². The summed E-state index contributed by atoms with van der Waals surface area (Å²) in [6.45, 7) is 0. The Morgan fingerprint density at radius 3 is 2.48 bits per heavy atom. The molecule has 2 aromatic rings. The number of nitrogens with zero attached hydrogens (tertiary/aromatic N) is 1. The number of hydrogen-bond donors (Lipinski definition) is 3. The van der Waals surface area contributed by atoms with Crippen molar-refractivity contribution in [3.05, 3.63) is 58.7 Å². The van der Waals surface area contributed by atoms with Gasteiger partial charge in [-0.1, -0.05) is 30.3 Å². The van der Waals surface area contributed by atoms with Crippen LogP contribution in [0.2, 0.25) is 0 Å². The molecule has 0 unspecified atom stereocenters. The zero-order valence-electron chi connectivity index (χ0n) is 11.4. The average molecular weight is 341 g/mol. The molecule has 0 aliphatic rings. The van der Waals surface area contributed by atoms with E-state index < -0.39 is 17.8 Å². The normalized spacial score (nSPS) is 12.0. The summed E-state index contributed by atoms with van der Waals surface area (Å²) in [5.41, 5.74) is -1.56. The van der Waals surface area contributed by atoms with Gasteiger partial charge in [-0.3, -0.25) is 0 Å². The molecule has 0 saturated heterocycles. The number of thiazole rings is 1. The van der Waals surface area contributed by atoms with Crippen LogP contribution in [0.5, 0.6) is 0 Å². The molecule has 2 rings (SSSR count). The molecule has 1 heterocycles. The number of alkyl halides is 3. The van der Waals surface area contributed by atoms with Gasteiger partial charge in [-0.05, 0) is 11.6 Å². The van der Waals surface area contributed by atoms with Crippen LogP contribution in [0, 0.1) is 5.41 Å². The maximum Gasteiger partial charge on any atom is 0.431 e. The topological polar surface area (TPSA) is 86.1 Å². The molecule has 0 bridgehead atoms. The van der Waals surface area contributed by atoms with Crippen LogP contribution in [0.1, 0.15) is 16.1 Å². The van der Waals surface area contributed by atoms with Gasteiger partial charge in [-0.15, -0.1) is 11.3 Å². The number of rotatable bonds is 5. The average Bonchev–Trinajstić information content (AvgIpc) is 2.95. The Kier molecular flexibility index (Phi) is 4.80. The van der Waals surface area contributed by atoms with E-state index in [-0.39, 0.29) is 16.5 Å². The fraction of sp³-hybridized carbons (Fsp3) is 0.0714. The van der Waals surface area contributed by atoms with Crippen LogP contribution < -0.4 is 5.32 Å². The standard InChI is InChI=1S/C14H10F3N3O2S/c15-14(16,17)11(6-9(18)8-4-2-1-3-5-8)20-13-19-10(7-23-13)12(21)22/h1-7,18H,(H,19,20)(H,21,22)/b11-6-,18-9?. The summed E-state index contributed by atoms with van der Waals surface area (Å²) in [5.74, 6) is -1.33. The van der Waals surface area contributed by atoms with Crippen LogP contribution in [0.25, 0.3) is 0 Å². The zero-order valence-corrected chi connectivity index (χ0v) is 12.2. The van der Waals surface area contributed by atoms with Crippen LogP contribution in [0.3, 0.4) is 0 Å². The Labute approximate surface area is 132 Å². The van der Waals surface area contributed by atoms with Gasteiger partial charge in [-0.2, -0.15) is 13.2 Å². The molecule has 120 valence electrons. The number of aromatic carboxylic acids is 1. The summed E-state index contributed by atoms with van der Waals surface area (Å²) in [6.07, 6.45) is -4.10. The number of hydrogen-bond acceptors (Lipinski definition) is 5. The number of halogens is 3. The molecule has 5 nitrogen and oxygen atoms in total. The second kappa shape index (κ2) is 6.61. The monoisotopic (exact) mass is 341 g/mol. The number of allylic oxidation sites excluding steroid dienone is 2. The van der Waals surface area contributed by atoms with E-state index in [1.165, 1.54) is 12.1 Å². The van der Waals surface area contributed by atoms with Crippen molar-refractivity contribution in [2.45, 2.75) is 6.18 Å². The number of anilines is 1. The molecule has 3 N–H and O–H groups in total. The van der Waals surface area contributed by atoms with Crippen LogP contribution in [-0.2, 0) is 0 Å².